The fourth-order valence-corrected chi connectivity index (χ4v) is 0.836. The van der Waals surface area contributed by atoms with Crippen molar-refractivity contribution in [3.8, 4) is 0 Å². The lowest BCUT2D eigenvalue weighted by atomic mass is 10.2. The zero-order valence-electron chi connectivity index (χ0n) is 5.77. The van der Waals surface area contributed by atoms with Crippen molar-refractivity contribution in [1.82, 2.24) is 5.32 Å². The average molecular weight is 125 g/mol. The molecule has 0 radical (unpaired) electrons. The van der Waals surface area contributed by atoms with Crippen molar-refractivity contribution in [2.75, 3.05) is 13.7 Å². The number of ether oxygens (including phenoxy) is 1. The maximum Gasteiger partial charge on any atom is 0.189 e. The van der Waals surface area contributed by atoms with Crippen LogP contribution in [0, 0.1) is 0 Å². The molecule has 2 heteroatoms. The second-order valence-electron chi connectivity index (χ2n) is 2.00. The number of hydrogen-bond donors (Lipinski definition) is 1. The highest BCUT2D eigenvalue weighted by Crippen LogP contribution is 2.05. The Morgan fingerprint density at radius 1 is 1.67 bits per heavy atom. The lowest BCUT2D eigenvalue weighted by Crippen LogP contribution is -2.18. The summed E-state index contributed by atoms with van der Waals surface area (Å²) in [6, 6.07) is 0. The van der Waals surface area contributed by atoms with Gasteiger partial charge in [0.15, 0.2) is 5.88 Å². The van der Waals surface area contributed by atoms with Gasteiger partial charge in [-0.2, -0.15) is 0 Å². The zero-order valence-corrected chi connectivity index (χ0v) is 5.77. The molecule has 50 valence electrons. The molecule has 0 atom stereocenters. The Morgan fingerprint density at radius 2 is 2.44 bits per heavy atom. The minimum atomic E-state index is 0.876. The van der Waals surface area contributed by atoms with Gasteiger partial charge in [0.1, 0.15) is 0 Å². The molecule has 0 amide bonds. The fourth-order valence-electron chi connectivity index (χ4n) is 0.836. The summed E-state index contributed by atoms with van der Waals surface area (Å²) in [4.78, 5) is 0. The topological polar surface area (TPSA) is 21.3 Å². The van der Waals surface area contributed by atoms with Crippen molar-refractivity contribution in [2.24, 2.45) is 0 Å². The van der Waals surface area contributed by atoms with Gasteiger partial charge in [0.2, 0.25) is 0 Å². The molecule has 0 unspecified atom stereocenters. The number of nitrogens with one attached hydrogen (secondary N) is 1. The summed E-state index contributed by atoms with van der Waals surface area (Å²) in [6.07, 6.45) is 4.12. The van der Waals surface area contributed by atoms with Crippen molar-refractivity contribution in [2.45, 2.75) is 6.92 Å². The number of allylic oxidation sites excluding steroid dienone is 2. The molecule has 0 saturated heterocycles. The first-order valence-electron chi connectivity index (χ1n) is 3.00. The van der Waals surface area contributed by atoms with Crippen molar-refractivity contribution >= 4 is 0 Å². The van der Waals surface area contributed by atoms with E-state index in [1.54, 1.807) is 7.11 Å². The third-order valence-corrected chi connectivity index (χ3v) is 1.31. The van der Waals surface area contributed by atoms with Crippen LogP contribution < -0.4 is 5.32 Å². The normalized spacial score (nSPS) is 17.6. The molecule has 1 N–H and O–H groups in total. The van der Waals surface area contributed by atoms with Gasteiger partial charge < -0.3 is 10.1 Å². The third-order valence-electron chi connectivity index (χ3n) is 1.31. The van der Waals surface area contributed by atoms with Crippen LogP contribution >= 0.6 is 0 Å². The molecule has 0 spiro atoms. The molecule has 0 bridgehead atoms. The highest BCUT2D eigenvalue weighted by molar-refractivity contribution is 5.23. The highest BCUT2D eigenvalue weighted by Gasteiger charge is 2.00. The molecule has 0 aromatic rings. The first kappa shape index (κ1) is 6.20. The zero-order chi connectivity index (χ0) is 6.69. The molecule has 9 heavy (non-hydrogen) atoms. The van der Waals surface area contributed by atoms with E-state index < -0.39 is 0 Å². The van der Waals surface area contributed by atoms with Crippen LogP contribution in [0.25, 0.3) is 0 Å². The van der Waals surface area contributed by atoms with E-state index in [0.29, 0.717) is 0 Å². The molecule has 2 nitrogen and oxygen atoms in total. The van der Waals surface area contributed by atoms with Gasteiger partial charge in [0, 0.05) is 12.1 Å². The Morgan fingerprint density at radius 3 is 2.89 bits per heavy atom. The average Bonchev–Trinajstić information content (AvgIpc) is 1.89. The summed E-state index contributed by atoms with van der Waals surface area (Å²) in [5.41, 5.74) is 1.16. The van der Waals surface area contributed by atoms with Crippen LogP contribution in [-0.4, -0.2) is 13.7 Å². The molecule has 0 fully saturated rings. The SMILES string of the molecule is COC1=C(C)C=CCN1. The van der Waals surface area contributed by atoms with Gasteiger partial charge in [-0.1, -0.05) is 12.2 Å². The molecule has 1 heterocycles. The minimum absolute atomic E-state index is 0.876. The fraction of sp³-hybridized carbons (Fsp3) is 0.429. The van der Waals surface area contributed by atoms with Crippen molar-refractivity contribution in [3.63, 3.8) is 0 Å². The monoisotopic (exact) mass is 125 g/mol. The van der Waals surface area contributed by atoms with E-state index in [9.17, 15) is 0 Å². The summed E-state index contributed by atoms with van der Waals surface area (Å²) in [7, 11) is 1.67. The van der Waals surface area contributed by atoms with Crippen LogP contribution in [0.5, 0.6) is 0 Å². The van der Waals surface area contributed by atoms with Gasteiger partial charge in [-0.05, 0) is 6.92 Å². The minimum Gasteiger partial charge on any atom is -0.482 e. The van der Waals surface area contributed by atoms with Crippen LogP contribution in [0.3, 0.4) is 0 Å². The molecule has 0 saturated carbocycles. The molecular weight excluding hydrogens is 114 g/mol. The smallest absolute Gasteiger partial charge is 0.189 e. The molecule has 0 aromatic carbocycles. The Balaban J connectivity index is 2.72. The summed E-state index contributed by atoms with van der Waals surface area (Å²) >= 11 is 0. The largest absolute Gasteiger partial charge is 0.482 e. The second-order valence-corrected chi connectivity index (χ2v) is 2.00. The van der Waals surface area contributed by atoms with Gasteiger partial charge in [-0.3, -0.25) is 0 Å². The van der Waals surface area contributed by atoms with Crippen LogP contribution in [0.1, 0.15) is 6.92 Å². The number of methoxy groups -OCH3 is 1. The maximum atomic E-state index is 5.02. The van der Waals surface area contributed by atoms with E-state index in [2.05, 4.69) is 17.5 Å². The van der Waals surface area contributed by atoms with Gasteiger partial charge in [-0.15, -0.1) is 0 Å². The summed E-state index contributed by atoms with van der Waals surface area (Å²) < 4.78 is 5.02. The predicted molar refractivity (Wildman–Crippen MR) is 36.9 cm³/mol. The Hall–Kier alpha value is -0.920. The molecule has 0 aromatic heterocycles. The first-order chi connectivity index (χ1) is 4.34. The Bertz CT molecular complexity index is 158. The van der Waals surface area contributed by atoms with Crippen LogP contribution in [0.15, 0.2) is 23.6 Å². The number of rotatable bonds is 1. The predicted octanol–water partition coefficient (Wildman–Crippen LogP) is 1.02. The van der Waals surface area contributed by atoms with Gasteiger partial charge >= 0.3 is 0 Å². The molecule has 0 aliphatic carbocycles. The van der Waals surface area contributed by atoms with E-state index in [4.69, 9.17) is 4.74 Å². The second kappa shape index (κ2) is 2.58. The van der Waals surface area contributed by atoms with Crippen LogP contribution in [-0.2, 0) is 4.74 Å². The molecule has 1 rings (SSSR count). The highest BCUT2D eigenvalue weighted by atomic mass is 16.5. The first-order valence-corrected chi connectivity index (χ1v) is 3.00. The van der Waals surface area contributed by atoms with Crippen LogP contribution in [0.4, 0.5) is 0 Å². The van der Waals surface area contributed by atoms with Crippen LogP contribution in [0.2, 0.25) is 0 Å². The van der Waals surface area contributed by atoms with E-state index in [-0.39, 0.29) is 0 Å². The summed E-state index contributed by atoms with van der Waals surface area (Å²) in [5, 5.41) is 3.09. The number of hydrogen-bond acceptors (Lipinski definition) is 2. The molecule has 1 aliphatic heterocycles. The maximum absolute atomic E-state index is 5.02. The van der Waals surface area contributed by atoms with E-state index in [1.807, 2.05) is 6.92 Å². The van der Waals surface area contributed by atoms with Gasteiger partial charge in [-0.25, -0.2) is 0 Å². The van der Waals surface area contributed by atoms with E-state index in [0.717, 1.165) is 18.0 Å². The molecular formula is C7H11NO. The quantitative estimate of drug-likeness (QED) is 0.565. The lowest BCUT2D eigenvalue weighted by molar-refractivity contribution is 0.259. The van der Waals surface area contributed by atoms with E-state index >= 15 is 0 Å². The lowest BCUT2D eigenvalue weighted by Gasteiger charge is -2.12. The molecule has 1 aliphatic rings. The van der Waals surface area contributed by atoms with Crippen molar-refractivity contribution in [1.29, 1.82) is 0 Å². The Kier molecular flexibility index (Phi) is 1.78. The van der Waals surface area contributed by atoms with E-state index in [1.165, 1.54) is 0 Å². The van der Waals surface area contributed by atoms with Crippen molar-refractivity contribution < 1.29 is 4.74 Å². The van der Waals surface area contributed by atoms with Crippen molar-refractivity contribution in [3.05, 3.63) is 23.6 Å². The number of dihydropyridines is 1. The Labute approximate surface area is 55.2 Å². The summed E-state index contributed by atoms with van der Waals surface area (Å²) in [6.45, 7) is 2.89. The standard InChI is InChI=1S/C7H11NO/c1-6-4-3-5-8-7(6)9-2/h3-4,8H,5H2,1-2H3. The van der Waals surface area contributed by atoms with Gasteiger partial charge in [0.05, 0.1) is 7.11 Å². The van der Waals surface area contributed by atoms with Gasteiger partial charge in [0.25, 0.3) is 0 Å². The third kappa shape index (κ3) is 1.25. The summed E-state index contributed by atoms with van der Waals surface area (Å²) in [5.74, 6) is 0.887.